The molecule has 0 heterocycles. The van der Waals surface area contributed by atoms with Gasteiger partial charge in [-0.3, -0.25) is 28.8 Å². The van der Waals surface area contributed by atoms with E-state index in [9.17, 15) is 28.8 Å². The molecule has 12 fully saturated rings. The largest absolute Gasteiger partial charge is 0.494 e. The number of carbonyl (C=O) groups excluding carboxylic acids is 6. The molecular formula is C132H164O14S4. The number of aliphatic hydroxyl groups excluding tert-OH is 1. The number of thioether (sulfide) groups is 3. The van der Waals surface area contributed by atoms with E-state index in [1.807, 2.05) is 38.6 Å². The summed E-state index contributed by atoms with van der Waals surface area (Å²) in [5.74, 6) is 37.5. The second-order valence-electron chi connectivity index (χ2n) is 48.4. The molecule has 25 atom stereocenters. The van der Waals surface area contributed by atoms with E-state index in [2.05, 4.69) is 209 Å². The summed E-state index contributed by atoms with van der Waals surface area (Å²) < 4.78 is 28.2. The maximum Gasteiger partial charge on any atom is 0.139 e. The van der Waals surface area contributed by atoms with Crippen LogP contribution in [-0.2, 0) is 72.0 Å². The molecule has 5 N–H and O–H groups in total. The molecule has 19 unspecified atom stereocenters. The third-order valence-electron chi connectivity index (χ3n) is 41.5. The van der Waals surface area contributed by atoms with Crippen LogP contribution in [0.25, 0.3) is 0 Å². The van der Waals surface area contributed by atoms with Gasteiger partial charge in [0.05, 0.1) is 13.2 Å². The Morgan fingerprint density at radius 1 is 0.367 bits per heavy atom. The van der Waals surface area contributed by atoms with Crippen molar-refractivity contribution in [3.63, 3.8) is 0 Å². The Kier molecular flexibility index (Phi) is 36.6. The minimum absolute atomic E-state index is 0. The van der Waals surface area contributed by atoms with Crippen molar-refractivity contribution in [2.24, 2.45) is 104 Å². The molecule has 18 heteroatoms. The Morgan fingerprint density at radius 3 is 1.01 bits per heavy atom. The molecule has 800 valence electrons. The molecule has 0 aliphatic heterocycles. The number of aliphatic hydroxyl groups is 1. The number of ketones is 6. The molecule has 150 heavy (non-hydrogen) atoms. The zero-order valence-electron chi connectivity index (χ0n) is 90.9. The van der Waals surface area contributed by atoms with Crippen molar-refractivity contribution in [1.82, 2.24) is 0 Å². The zero-order valence-corrected chi connectivity index (χ0v) is 94.2. The predicted octanol–water partition coefficient (Wildman–Crippen LogP) is 27.1. The molecule has 0 aromatic heterocycles. The lowest BCUT2D eigenvalue weighted by atomic mass is 9.55. The van der Waals surface area contributed by atoms with Crippen molar-refractivity contribution < 1.29 is 68.5 Å². The van der Waals surface area contributed by atoms with Crippen LogP contribution in [0.3, 0.4) is 0 Å². The lowest BCUT2D eigenvalue weighted by molar-refractivity contribution is -0.130. The van der Waals surface area contributed by atoms with Crippen molar-refractivity contribution in [2.45, 2.75) is 364 Å². The molecule has 14 nitrogen and oxygen atoms in total. The second-order valence-corrected chi connectivity index (χ2v) is 52.1. The summed E-state index contributed by atoms with van der Waals surface area (Å²) in [5.41, 5.74) is 17.8. The predicted molar refractivity (Wildman–Crippen MR) is 607 cm³/mol. The van der Waals surface area contributed by atoms with Crippen LogP contribution in [0.15, 0.2) is 119 Å². The number of hydrogen-bond acceptors (Lipinski definition) is 16. The maximum absolute atomic E-state index is 12.4. The highest BCUT2D eigenvalue weighted by Crippen LogP contribution is 2.67. The summed E-state index contributed by atoms with van der Waals surface area (Å²) in [5, 5.41) is 14.9. The van der Waals surface area contributed by atoms with E-state index in [1.54, 1.807) is 29.8 Å². The first-order valence-corrected chi connectivity index (χ1v) is 60.5. The van der Waals surface area contributed by atoms with E-state index in [-0.39, 0.29) is 55.5 Å². The van der Waals surface area contributed by atoms with Crippen LogP contribution in [0.2, 0.25) is 0 Å². The van der Waals surface area contributed by atoms with Gasteiger partial charge in [0.15, 0.2) is 0 Å². The van der Waals surface area contributed by atoms with Gasteiger partial charge in [-0.2, -0.15) is 0 Å². The Hall–Kier alpha value is -8.58. The van der Waals surface area contributed by atoms with E-state index in [0.29, 0.717) is 155 Å². The average Bonchev–Trinajstić information content (AvgIpc) is 1.56. The van der Waals surface area contributed by atoms with E-state index in [1.165, 1.54) is 148 Å². The summed E-state index contributed by atoms with van der Waals surface area (Å²) in [4.78, 5) is 77.0. The summed E-state index contributed by atoms with van der Waals surface area (Å²) in [6.45, 7) is 23.1. The lowest BCUT2D eigenvalue weighted by Gasteiger charge is -2.48. The summed E-state index contributed by atoms with van der Waals surface area (Å²) >= 11 is 9.50. The Balaban J connectivity index is 0.000000122. The minimum atomic E-state index is -0.0794. The fraction of sp³-hybridized carbons (Fsp3) is 0.606. The molecular weight excluding hydrogens is 1940 g/mol. The molecule has 0 amide bonds. The highest BCUT2D eigenvalue weighted by molar-refractivity contribution is 8.05. The summed E-state index contributed by atoms with van der Waals surface area (Å²) in [6.07, 6.45) is 48.8. The number of rotatable bonds is 18. The number of Topliss-reactive ketones (excluding diaryl/α,β-unsaturated/α-hetero) is 6. The molecule has 24 rings (SSSR count). The first kappa shape index (κ1) is 113. The number of terminal acetylenes is 1. The third kappa shape index (κ3) is 22.7. The number of hydrogen-bond donors (Lipinski definition) is 2. The van der Waals surface area contributed by atoms with Gasteiger partial charge in [-0.25, -0.2) is 0 Å². The van der Waals surface area contributed by atoms with Crippen LogP contribution in [0.4, 0.5) is 0 Å². The highest BCUT2D eigenvalue weighted by atomic mass is 32.2. The first-order chi connectivity index (χ1) is 71.6. The van der Waals surface area contributed by atoms with Gasteiger partial charge >= 0.3 is 0 Å². The lowest BCUT2D eigenvalue weighted by Crippen LogP contribution is -2.42. The SMILES string of the molecule is C#CC#CSc1ccc2c(c1)CCC1C2CC[C@]2(C)C(=O)CCC12.CC#CCCCOc1ccc2c(c1)CCC1C2CC[C@]2(C)C(=O)CCC12.CC#COCCOc1ccc2c(c1)CCC1C2CC[C@]2(C)C(=O)CCC12.CC#CSCCSc1ccc2c(c1)CCC1C2CC[C@]2(C)C(=O)CCC12.CC(S)Oc1ccc2c(c1)CCC1C2CC[C@]2(C)C(=O)CCC12.C[C@]12CCC3c4ccc(OCCO)cc4CCC3C1CCC2=O.O.O. The molecule has 18 aliphatic carbocycles. The fourth-order valence-corrected chi connectivity index (χ4v) is 36.3. The highest BCUT2D eigenvalue weighted by Gasteiger charge is 2.62. The summed E-state index contributed by atoms with van der Waals surface area (Å²) in [6, 6.07) is 40.3. The third-order valence-corrected chi connectivity index (χ3v) is 44.4. The van der Waals surface area contributed by atoms with Gasteiger partial charge in [0.25, 0.3) is 0 Å². The molecule has 6 aromatic rings. The smallest absolute Gasteiger partial charge is 0.139 e. The zero-order chi connectivity index (χ0) is 103. The molecule has 0 radical (unpaired) electrons. The molecule has 0 spiro atoms. The van der Waals surface area contributed by atoms with E-state index in [4.69, 9.17) is 35.2 Å². The number of benzene rings is 6. The minimum Gasteiger partial charge on any atom is -0.494 e. The number of thiol groups is 1. The van der Waals surface area contributed by atoms with E-state index in [0.717, 1.165) is 220 Å². The van der Waals surface area contributed by atoms with Crippen LogP contribution >= 0.6 is 47.9 Å². The van der Waals surface area contributed by atoms with Crippen molar-refractivity contribution in [3.8, 4) is 81.6 Å². The molecule has 0 saturated heterocycles. The van der Waals surface area contributed by atoms with Gasteiger partial charge < -0.3 is 39.7 Å². The van der Waals surface area contributed by atoms with Gasteiger partial charge in [0, 0.05) is 106 Å². The monoisotopic (exact) mass is 2100 g/mol. The Bertz CT molecular complexity index is 5950. The van der Waals surface area contributed by atoms with Crippen LogP contribution in [-0.4, -0.2) is 101 Å². The summed E-state index contributed by atoms with van der Waals surface area (Å²) in [7, 11) is 0. The van der Waals surface area contributed by atoms with Crippen LogP contribution in [0.5, 0.6) is 23.0 Å². The number of aryl methyl sites for hydroxylation is 6. The van der Waals surface area contributed by atoms with Gasteiger partial charge in [-0.1, -0.05) is 102 Å². The standard InChI is InChI=1S/C24H30O2.C23H28O3.C23H28OS2.C22H22OS.C20H26O3.C20H26O2S.2H2O/c1-3-4-5-6-15-26-18-8-10-19-17(16-18)7-9-21-20(19)13-14-24(2)22(21)11-12-23(24)25;2*1-3-12-25-13-14-26-17-5-7-18-16(15-17)4-6-20-19(18)10-11-23(2)21(20)8-9-22(23)24;1-3-4-13-24-16-6-8-17-15(14-16)5-7-19-18(17)11-12-22(2)20(19)9-10-21(22)23;1-20-9-8-16-15-5-3-14(23-11-10-21)12-13(15)2-4-17(16)18(20)6-7-19(20)22;1-12(23)22-14-4-6-15-13(11-14)3-5-17-16(15)9-10-20(2)18(17)7-8-19(20)21;;/h8,10,16,20-22H,5-7,9,11-15H2,1-2H3;2*5,7,15,19-21H,4,6,8-11,13-14H2,1-2H3;1,6,8,14,18-20H,5,7,9-12H2,2H3;3,5,12,16-18,21H,2,4,6-11H2,1H3;4,6,11-12,16-18,23H,3,5,7-10H2,1-2H3;2*1H2/t20?,21?,22?,24-;2*19?,20?,21?,23-;18?,19?,20?,22-;16?,17?,18?,20-;12?,16?,17?,18?,20-;;/m000000../s1. The molecule has 18 aliphatic rings. The van der Waals surface area contributed by atoms with Gasteiger partial charge in [-0.15, -0.1) is 42.7 Å². The Labute approximate surface area is 913 Å². The first-order valence-electron chi connectivity index (χ1n) is 57.2. The van der Waals surface area contributed by atoms with Crippen LogP contribution in [0, 0.1) is 162 Å². The van der Waals surface area contributed by atoms with Crippen molar-refractivity contribution in [1.29, 1.82) is 0 Å². The van der Waals surface area contributed by atoms with E-state index >= 15 is 0 Å². The topological polar surface area (TPSA) is 232 Å². The number of fused-ring (bicyclic) bond motifs is 30. The molecule has 0 bridgehead atoms. The fourth-order valence-electron chi connectivity index (χ4n) is 34.1. The van der Waals surface area contributed by atoms with Crippen LogP contribution < -0.4 is 18.9 Å². The van der Waals surface area contributed by atoms with Crippen molar-refractivity contribution in [3.05, 3.63) is 176 Å². The maximum atomic E-state index is 12.4. The van der Waals surface area contributed by atoms with Crippen LogP contribution in [0.1, 0.15) is 377 Å². The van der Waals surface area contributed by atoms with Gasteiger partial charge in [0.2, 0.25) is 0 Å². The van der Waals surface area contributed by atoms with Gasteiger partial charge in [0.1, 0.15) is 89.1 Å². The number of unbranched alkanes of at least 4 members (excludes halogenated alkanes) is 1. The second kappa shape index (κ2) is 48.8. The molecule has 6 aromatic carbocycles. The number of ether oxygens (including phenoxy) is 5. The van der Waals surface area contributed by atoms with Crippen molar-refractivity contribution in [2.75, 3.05) is 44.5 Å². The van der Waals surface area contributed by atoms with E-state index < -0.39 is 0 Å². The van der Waals surface area contributed by atoms with Gasteiger partial charge in [-0.05, 0) is 500 Å². The average molecular weight is 2100 g/mol. The number of carbonyl (C=O) groups is 6. The molecule has 12 saturated carbocycles. The van der Waals surface area contributed by atoms with Crippen molar-refractivity contribution >= 4 is 82.6 Å². The Morgan fingerprint density at radius 2 is 0.680 bits per heavy atom. The normalized spacial score (nSPS) is 33.1. The quantitative estimate of drug-likeness (QED) is 0.0268.